The highest BCUT2D eigenvalue weighted by atomic mass is 19.1. The molecule has 5 unspecified atom stereocenters. The molecule has 15 heavy (non-hydrogen) atoms. The van der Waals surface area contributed by atoms with Crippen LogP contribution in [0.1, 0.15) is 0 Å². The minimum atomic E-state index is -1.88. The minimum absolute atomic E-state index is 0.643. The van der Waals surface area contributed by atoms with Gasteiger partial charge in [-0.15, -0.1) is 0 Å². The van der Waals surface area contributed by atoms with Crippen LogP contribution in [0, 0.1) is 0 Å². The monoisotopic (exact) mass is 223 g/mol. The van der Waals surface area contributed by atoms with Crippen molar-refractivity contribution in [3.8, 4) is 0 Å². The van der Waals surface area contributed by atoms with E-state index >= 15 is 0 Å². The Morgan fingerprint density at radius 2 is 2.07 bits per heavy atom. The molecule has 0 aromatic heterocycles. The number of methoxy groups -OCH3 is 1. The molecule has 0 aromatic rings. The first-order valence-electron chi connectivity index (χ1n) is 4.43. The molecular formula is C8H14FNO5. The molecule has 1 heterocycles. The lowest BCUT2D eigenvalue weighted by Gasteiger charge is -2.37. The van der Waals surface area contributed by atoms with E-state index in [-0.39, 0.29) is 0 Å². The number of carbonyl (C=O) groups excluding carboxylic acids is 1. The van der Waals surface area contributed by atoms with Gasteiger partial charge in [-0.25, -0.2) is 4.39 Å². The van der Waals surface area contributed by atoms with Gasteiger partial charge >= 0.3 is 0 Å². The third-order valence-electron chi connectivity index (χ3n) is 2.26. The number of aliphatic hydroxyl groups is 2. The molecule has 1 fully saturated rings. The van der Waals surface area contributed by atoms with E-state index in [1.807, 2.05) is 0 Å². The number of carbonyl (C=O) groups is 1. The summed E-state index contributed by atoms with van der Waals surface area (Å²) < 4.78 is 22.7. The molecule has 1 rings (SSSR count). The molecule has 1 saturated heterocycles. The normalized spacial score (nSPS) is 41.3. The molecule has 5 atom stereocenters. The molecule has 0 saturated carbocycles. The van der Waals surface area contributed by atoms with E-state index in [0.717, 1.165) is 0 Å². The van der Waals surface area contributed by atoms with Crippen LogP contribution in [-0.4, -0.2) is 61.1 Å². The molecule has 0 spiro atoms. The van der Waals surface area contributed by atoms with Gasteiger partial charge in [-0.05, 0) is 0 Å². The third-order valence-corrected chi connectivity index (χ3v) is 2.26. The van der Waals surface area contributed by atoms with Crippen molar-refractivity contribution in [1.82, 2.24) is 5.32 Å². The Hall–Kier alpha value is -0.760. The summed E-state index contributed by atoms with van der Waals surface area (Å²) in [6.45, 7) is 0. The fourth-order valence-electron chi connectivity index (χ4n) is 1.37. The molecule has 1 aliphatic heterocycles. The molecule has 0 radical (unpaired) electrons. The van der Waals surface area contributed by atoms with E-state index in [0.29, 0.717) is 0 Å². The molecule has 7 heteroatoms. The van der Waals surface area contributed by atoms with Crippen molar-refractivity contribution in [3.05, 3.63) is 0 Å². The molecule has 1 aliphatic rings. The minimum Gasteiger partial charge on any atom is -0.387 e. The van der Waals surface area contributed by atoms with Gasteiger partial charge in [0.15, 0.2) is 18.6 Å². The van der Waals surface area contributed by atoms with Crippen LogP contribution in [0.2, 0.25) is 0 Å². The molecule has 0 aliphatic carbocycles. The number of likely N-dealkylation sites (N-methyl/N-ethyl adjacent to an activating group) is 1. The number of rotatable bonds is 2. The predicted molar refractivity (Wildman–Crippen MR) is 46.6 cm³/mol. The van der Waals surface area contributed by atoms with E-state index < -0.39 is 36.7 Å². The van der Waals surface area contributed by atoms with Crippen molar-refractivity contribution >= 4 is 5.91 Å². The first-order chi connectivity index (χ1) is 7.02. The van der Waals surface area contributed by atoms with Crippen molar-refractivity contribution in [2.75, 3.05) is 14.2 Å². The summed E-state index contributed by atoms with van der Waals surface area (Å²) in [7, 11) is 2.52. The summed E-state index contributed by atoms with van der Waals surface area (Å²) in [6, 6.07) is 0. The van der Waals surface area contributed by atoms with E-state index in [4.69, 9.17) is 4.74 Å². The van der Waals surface area contributed by atoms with Crippen LogP contribution in [0.5, 0.6) is 0 Å². The van der Waals surface area contributed by atoms with Crippen LogP contribution in [-0.2, 0) is 14.3 Å². The maximum absolute atomic E-state index is 13.2. The van der Waals surface area contributed by atoms with Crippen LogP contribution < -0.4 is 5.32 Å². The first-order valence-corrected chi connectivity index (χ1v) is 4.43. The Kier molecular flexibility index (Phi) is 3.97. The van der Waals surface area contributed by atoms with Gasteiger partial charge in [-0.2, -0.15) is 0 Å². The summed E-state index contributed by atoms with van der Waals surface area (Å²) in [5, 5.41) is 20.9. The van der Waals surface area contributed by atoms with Gasteiger partial charge in [-0.3, -0.25) is 4.79 Å². The number of hydrogen-bond acceptors (Lipinski definition) is 5. The average Bonchev–Trinajstić information content (AvgIpc) is 2.25. The number of ether oxygens (including phenoxy) is 2. The number of amides is 1. The molecule has 0 bridgehead atoms. The quantitative estimate of drug-likeness (QED) is 0.512. The van der Waals surface area contributed by atoms with Crippen molar-refractivity contribution in [2.45, 2.75) is 30.8 Å². The van der Waals surface area contributed by atoms with Crippen LogP contribution in [0.15, 0.2) is 0 Å². The second kappa shape index (κ2) is 4.84. The van der Waals surface area contributed by atoms with Gasteiger partial charge in [-0.1, -0.05) is 0 Å². The summed E-state index contributed by atoms with van der Waals surface area (Å²) in [5.41, 5.74) is 0. The molecule has 3 N–H and O–H groups in total. The zero-order valence-corrected chi connectivity index (χ0v) is 8.38. The molecule has 88 valence electrons. The lowest BCUT2D eigenvalue weighted by atomic mass is 9.99. The van der Waals surface area contributed by atoms with Crippen molar-refractivity contribution in [3.63, 3.8) is 0 Å². The van der Waals surface area contributed by atoms with Gasteiger partial charge in [0.1, 0.15) is 12.2 Å². The highest BCUT2D eigenvalue weighted by Crippen LogP contribution is 2.23. The zero-order chi connectivity index (χ0) is 11.6. The largest absolute Gasteiger partial charge is 0.387 e. The Bertz CT molecular complexity index is 237. The van der Waals surface area contributed by atoms with E-state index in [9.17, 15) is 19.4 Å². The highest BCUT2D eigenvalue weighted by molar-refractivity contribution is 5.81. The Morgan fingerprint density at radius 1 is 1.47 bits per heavy atom. The van der Waals surface area contributed by atoms with Crippen molar-refractivity contribution < 1.29 is 28.9 Å². The van der Waals surface area contributed by atoms with Crippen LogP contribution in [0.4, 0.5) is 4.39 Å². The molecule has 1 amide bonds. The predicted octanol–water partition coefficient (Wildman–Crippen LogP) is -1.84. The van der Waals surface area contributed by atoms with Gasteiger partial charge in [0.05, 0.1) is 0 Å². The van der Waals surface area contributed by atoms with Gasteiger partial charge in [0, 0.05) is 14.2 Å². The van der Waals surface area contributed by atoms with Crippen molar-refractivity contribution in [2.24, 2.45) is 0 Å². The number of aliphatic hydroxyl groups excluding tert-OH is 2. The van der Waals surface area contributed by atoms with E-state index in [1.54, 1.807) is 0 Å². The van der Waals surface area contributed by atoms with Gasteiger partial charge in [0.2, 0.25) is 0 Å². The second-order valence-corrected chi connectivity index (χ2v) is 3.20. The lowest BCUT2D eigenvalue weighted by Crippen LogP contribution is -2.60. The third kappa shape index (κ3) is 2.25. The number of halogens is 1. The van der Waals surface area contributed by atoms with Crippen LogP contribution >= 0.6 is 0 Å². The topological polar surface area (TPSA) is 88.0 Å². The SMILES string of the molecule is CNC(=O)C1OC(OC)C(F)C(O)C1O. The highest BCUT2D eigenvalue weighted by Gasteiger charge is 2.47. The van der Waals surface area contributed by atoms with E-state index in [2.05, 4.69) is 10.1 Å². The number of hydrogen-bond donors (Lipinski definition) is 3. The summed E-state index contributed by atoms with van der Waals surface area (Å²) in [5.74, 6) is -0.643. The summed E-state index contributed by atoms with van der Waals surface area (Å²) in [4.78, 5) is 11.2. The average molecular weight is 223 g/mol. The first kappa shape index (κ1) is 12.3. The Morgan fingerprint density at radius 3 is 2.53 bits per heavy atom. The van der Waals surface area contributed by atoms with Gasteiger partial charge < -0.3 is 25.0 Å². The number of nitrogens with one attached hydrogen (secondary N) is 1. The Balaban J connectivity index is 2.78. The van der Waals surface area contributed by atoms with Crippen LogP contribution in [0.3, 0.4) is 0 Å². The fourth-order valence-corrected chi connectivity index (χ4v) is 1.37. The lowest BCUT2D eigenvalue weighted by molar-refractivity contribution is -0.268. The van der Waals surface area contributed by atoms with Crippen LogP contribution in [0.25, 0.3) is 0 Å². The van der Waals surface area contributed by atoms with Gasteiger partial charge in [0.25, 0.3) is 5.91 Å². The fraction of sp³-hybridized carbons (Fsp3) is 0.875. The Labute approximate surface area is 86.0 Å². The van der Waals surface area contributed by atoms with E-state index in [1.165, 1.54) is 14.2 Å². The molecule has 0 aromatic carbocycles. The second-order valence-electron chi connectivity index (χ2n) is 3.20. The summed E-state index contributed by atoms with van der Waals surface area (Å²) in [6.07, 6.45) is -7.88. The standard InChI is InChI=1S/C8H14FNO5/c1-10-7(13)6-5(12)4(11)3(9)8(14-2)15-6/h3-6,8,11-12H,1-2H3,(H,10,13). The number of alkyl halides is 1. The summed E-state index contributed by atoms with van der Waals surface area (Å²) >= 11 is 0. The molecule has 6 nitrogen and oxygen atoms in total. The maximum atomic E-state index is 13.2. The van der Waals surface area contributed by atoms with Crippen molar-refractivity contribution in [1.29, 1.82) is 0 Å². The zero-order valence-electron chi connectivity index (χ0n) is 8.38. The molecular weight excluding hydrogens is 209 g/mol. The smallest absolute Gasteiger partial charge is 0.251 e. The maximum Gasteiger partial charge on any atom is 0.251 e.